The van der Waals surface area contributed by atoms with E-state index in [2.05, 4.69) is 53.1 Å². The molecular formula is C20H31IN4O. The van der Waals surface area contributed by atoms with Crippen LogP contribution in [0.15, 0.2) is 41.9 Å². The van der Waals surface area contributed by atoms with E-state index in [0.29, 0.717) is 6.42 Å². The van der Waals surface area contributed by atoms with Gasteiger partial charge < -0.3 is 15.1 Å². The van der Waals surface area contributed by atoms with Gasteiger partial charge in [-0.15, -0.1) is 30.6 Å². The van der Waals surface area contributed by atoms with Crippen molar-refractivity contribution in [3.8, 4) is 0 Å². The normalized spacial score (nSPS) is 14.2. The number of unbranched alkanes of at least 4 members (excludes halogenated alkanes) is 1. The third kappa shape index (κ3) is 6.97. The lowest BCUT2D eigenvalue weighted by Crippen LogP contribution is -2.38. The molecule has 2 rings (SSSR count). The number of aliphatic imine (C=N–C) groups is 1. The monoisotopic (exact) mass is 470 g/mol. The van der Waals surface area contributed by atoms with Gasteiger partial charge in [-0.2, -0.15) is 0 Å². The Balaban J connectivity index is 0.00000338. The van der Waals surface area contributed by atoms with Crippen LogP contribution in [0.4, 0.5) is 0 Å². The molecule has 0 aliphatic carbocycles. The smallest absolute Gasteiger partial charge is 0.222 e. The van der Waals surface area contributed by atoms with Crippen LogP contribution in [0, 0.1) is 0 Å². The molecule has 1 aromatic carbocycles. The first-order chi connectivity index (χ1) is 12.1. The molecular weight excluding hydrogens is 439 g/mol. The van der Waals surface area contributed by atoms with Crippen LogP contribution in [0.25, 0.3) is 0 Å². The van der Waals surface area contributed by atoms with E-state index in [1.54, 1.807) is 0 Å². The van der Waals surface area contributed by atoms with Crippen LogP contribution in [0.3, 0.4) is 0 Å². The second kappa shape index (κ2) is 11.9. The fraction of sp³-hybridized carbons (Fsp3) is 0.500. The Morgan fingerprint density at radius 1 is 1.35 bits per heavy atom. The lowest BCUT2D eigenvalue weighted by molar-refractivity contribution is -0.128. The van der Waals surface area contributed by atoms with Gasteiger partial charge in [0.25, 0.3) is 0 Å². The first-order valence-electron chi connectivity index (χ1n) is 9.02. The van der Waals surface area contributed by atoms with Gasteiger partial charge in [0.15, 0.2) is 5.96 Å². The van der Waals surface area contributed by atoms with Crippen LogP contribution in [-0.4, -0.2) is 48.9 Å². The van der Waals surface area contributed by atoms with Crippen LogP contribution in [0.1, 0.15) is 36.8 Å². The van der Waals surface area contributed by atoms with Crippen molar-refractivity contribution in [2.24, 2.45) is 4.99 Å². The summed E-state index contributed by atoms with van der Waals surface area (Å²) in [6, 6.07) is 8.46. The molecule has 1 aliphatic rings. The summed E-state index contributed by atoms with van der Waals surface area (Å²) in [6.45, 7) is 7.05. The number of amides is 1. The zero-order valence-electron chi connectivity index (χ0n) is 15.9. The molecule has 26 heavy (non-hydrogen) atoms. The largest absolute Gasteiger partial charge is 0.352 e. The minimum atomic E-state index is 0. The fourth-order valence-corrected chi connectivity index (χ4v) is 3.00. The van der Waals surface area contributed by atoms with Gasteiger partial charge in [0.2, 0.25) is 5.91 Å². The summed E-state index contributed by atoms with van der Waals surface area (Å²) >= 11 is 0. The van der Waals surface area contributed by atoms with Gasteiger partial charge in [-0.1, -0.05) is 30.3 Å². The van der Waals surface area contributed by atoms with Gasteiger partial charge in [-0.25, -0.2) is 0 Å². The number of carbonyl (C=O) groups excluding carboxylic acids is 1. The molecule has 0 unspecified atom stereocenters. The predicted octanol–water partition coefficient (Wildman–Crippen LogP) is 3.40. The average molecular weight is 470 g/mol. The summed E-state index contributed by atoms with van der Waals surface area (Å²) < 4.78 is 0. The van der Waals surface area contributed by atoms with Gasteiger partial charge in [-0.3, -0.25) is 9.79 Å². The molecule has 1 aliphatic heterocycles. The highest BCUT2D eigenvalue weighted by Gasteiger charge is 2.19. The third-order valence-electron chi connectivity index (χ3n) is 4.49. The second-order valence-corrected chi connectivity index (χ2v) is 6.49. The number of benzene rings is 1. The maximum atomic E-state index is 11.7. The molecule has 1 aromatic rings. The van der Waals surface area contributed by atoms with Gasteiger partial charge >= 0.3 is 0 Å². The van der Waals surface area contributed by atoms with E-state index < -0.39 is 0 Å². The van der Waals surface area contributed by atoms with E-state index in [-0.39, 0.29) is 29.9 Å². The van der Waals surface area contributed by atoms with Gasteiger partial charge in [-0.05, 0) is 30.4 Å². The van der Waals surface area contributed by atoms with Gasteiger partial charge in [0.05, 0.1) is 0 Å². The van der Waals surface area contributed by atoms with Gasteiger partial charge in [0.1, 0.15) is 0 Å². The summed E-state index contributed by atoms with van der Waals surface area (Å²) in [6.07, 6.45) is 5.72. The Kier molecular flexibility index (Phi) is 10.3. The number of halogens is 1. The van der Waals surface area contributed by atoms with Crippen molar-refractivity contribution in [1.82, 2.24) is 15.1 Å². The molecule has 1 amide bonds. The topological polar surface area (TPSA) is 47.9 Å². The zero-order valence-corrected chi connectivity index (χ0v) is 18.2. The van der Waals surface area contributed by atoms with Crippen LogP contribution >= 0.6 is 24.0 Å². The lowest BCUT2D eigenvalue weighted by atomic mass is 10.1. The third-order valence-corrected chi connectivity index (χ3v) is 4.49. The highest BCUT2D eigenvalue weighted by atomic mass is 127. The first-order valence-corrected chi connectivity index (χ1v) is 9.02. The van der Waals surface area contributed by atoms with Crippen LogP contribution in [0.2, 0.25) is 0 Å². The van der Waals surface area contributed by atoms with Crippen LogP contribution < -0.4 is 5.32 Å². The molecule has 144 valence electrons. The fourth-order valence-electron chi connectivity index (χ4n) is 3.00. The van der Waals surface area contributed by atoms with E-state index >= 15 is 0 Å². The van der Waals surface area contributed by atoms with Crippen LogP contribution in [0.5, 0.6) is 0 Å². The molecule has 1 fully saturated rings. The Morgan fingerprint density at radius 2 is 2.04 bits per heavy atom. The van der Waals surface area contributed by atoms with E-state index in [1.165, 1.54) is 11.1 Å². The first kappa shape index (κ1) is 22.5. The lowest BCUT2D eigenvalue weighted by Gasteiger charge is -2.22. The molecule has 0 spiro atoms. The number of carbonyl (C=O) groups is 1. The molecule has 6 heteroatoms. The number of allylic oxidation sites excluding steroid dienone is 1. The number of nitrogens with zero attached hydrogens (tertiary/aromatic N) is 3. The highest BCUT2D eigenvalue weighted by molar-refractivity contribution is 14.0. The average Bonchev–Trinajstić information content (AvgIpc) is 3.02. The number of rotatable bonds is 8. The molecule has 1 saturated heterocycles. The molecule has 0 bridgehead atoms. The standard InChI is InChI=1S/C20H30N4O.HI/c1-4-5-6-13-23(3)20(21-2)22-15-17-9-11-18(12-10-17)16-24-14-7-8-19(24)25;/h4,9-12H,1,5-8,13-16H2,2-3H3,(H,21,22);1H. The molecule has 0 aromatic heterocycles. The van der Waals surface area contributed by atoms with Crippen LogP contribution in [-0.2, 0) is 17.9 Å². The van der Waals surface area contributed by atoms with Crippen molar-refractivity contribution in [3.05, 3.63) is 48.0 Å². The Morgan fingerprint density at radius 3 is 2.62 bits per heavy atom. The Bertz CT molecular complexity index is 600. The Labute approximate surface area is 174 Å². The predicted molar refractivity (Wildman–Crippen MR) is 119 cm³/mol. The number of likely N-dealkylation sites (tertiary alicyclic amines) is 1. The highest BCUT2D eigenvalue weighted by Crippen LogP contribution is 2.14. The number of hydrogen-bond donors (Lipinski definition) is 1. The Hall–Kier alpha value is -1.57. The molecule has 1 N–H and O–H groups in total. The zero-order chi connectivity index (χ0) is 18.1. The molecule has 1 heterocycles. The van der Waals surface area contributed by atoms with Gasteiger partial charge in [0, 0.05) is 46.7 Å². The van der Waals surface area contributed by atoms with Crippen molar-refractivity contribution < 1.29 is 4.79 Å². The summed E-state index contributed by atoms with van der Waals surface area (Å²) in [5, 5.41) is 3.40. The quantitative estimate of drug-likeness (QED) is 0.208. The minimum absolute atomic E-state index is 0. The van der Waals surface area contributed by atoms with Crippen molar-refractivity contribution in [3.63, 3.8) is 0 Å². The number of guanidine groups is 1. The summed E-state index contributed by atoms with van der Waals surface area (Å²) in [4.78, 5) is 20.1. The van der Waals surface area contributed by atoms with E-state index in [4.69, 9.17) is 0 Å². The molecule has 0 radical (unpaired) electrons. The van der Waals surface area contributed by atoms with E-state index in [9.17, 15) is 4.79 Å². The number of hydrogen-bond acceptors (Lipinski definition) is 2. The van der Waals surface area contributed by atoms with Crippen molar-refractivity contribution in [2.75, 3.05) is 27.2 Å². The summed E-state index contributed by atoms with van der Waals surface area (Å²) in [5.41, 5.74) is 2.39. The molecule has 0 atom stereocenters. The molecule has 0 saturated carbocycles. The molecule has 5 nitrogen and oxygen atoms in total. The van der Waals surface area contributed by atoms with E-state index in [1.807, 2.05) is 18.0 Å². The minimum Gasteiger partial charge on any atom is -0.352 e. The number of nitrogens with one attached hydrogen (secondary N) is 1. The maximum absolute atomic E-state index is 11.7. The van der Waals surface area contributed by atoms with Crippen molar-refractivity contribution in [2.45, 2.75) is 38.8 Å². The maximum Gasteiger partial charge on any atom is 0.222 e. The van der Waals surface area contributed by atoms with Crippen molar-refractivity contribution in [1.29, 1.82) is 0 Å². The van der Waals surface area contributed by atoms with E-state index in [0.717, 1.165) is 51.4 Å². The SMILES string of the molecule is C=CCCCN(C)C(=NC)NCc1ccc(CN2CCCC2=O)cc1.I. The summed E-state index contributed by atoms with van der Waals surface area (Å²) in [5.74, 6) is 1.17. The second-order valence-electron chi connectivity index (χ2n) is 6.49. The van der Waals surface area contributed by atoms with Crippen molar-refractivity contribution >= 4 is 35.8 Å². The summed E-state index contributed by atoms with van der Waals surface area (Å²) in [7, 11) is 3.86.